The van der Waals surface area contributed by atoms with E-state index in [1.165, 1.54) is 45.2 Å². The Kier molecular flexibility index (Phi) is 4.98. The highest BCUT2D eigenvalue weighted by molar-refractivity contribution is 5.76. The molecule has 2 aliphatic heterocycles. The summed E-state index contributed by atoms with van der Waals surface area (Å²) < 4.78 is 5.98. The molecule has 2 saturated heterocycles. The minimum Gasteiger partial charge on any atom is -0.461 e. The molecule has 1 unspecified atom stereocenters. The van der Waals surface area contributed by atoms with Gasteiger partial charge in [-0.2, -0.15) is 0 Å². The van der Waals surface area contributed by atoms with Crippen molar-refractivity contribution in [2.45, 2.75) is 79.2 Å². The molecule has 2 heterocycles. The average molecular weight is 375 g/mol. The first-order chi connectivity index (χ1) is 12.7. The van der Waals surface area contributed by atoms with Crippen molar-refractivity contribution >= 4 is 5.97 Å². The molecule has 0 aromatic rings. The minimum absolute atomic E-state index is 0.0698. The summed E-state index contributed by atoms with van der Waals surface area (Å²) in [4.78, 5) is 14.5. The Hall–Kier alpha value is -0.830. The Morgan fingerprint density at radius 2 is 1.96 bits per heavy atom. The van der Waals surface area contributed by atoms with Crippen LogP contribution in [0.2, 0.25) is 0 Å². The lowest BCUT2D eigenvalue weighted by atomic mass is 9.59. The van der Waals surface area contributed by atoms with Crippen LogP contribution in [0.15, 0.2) is 11.6 Å². The van der Waals surface area contributed by atoms with Crippen LogP contribution in [0.3, 0.4) is 0 Å². The standard InChI is InChI=1S/C24H39NO2/c1-16-8-10-25(15-23(3,4)12-16)14-19-18-11-20-17(2)7-6-9-24(20,5)13-21(18)27-22(19)26/h11,16-19,21H,6-10,12-15H2,1-5H3/p+1/t16-,17+,18-,19-,21-,24-/m1/s1. The number of carbonyl (C=O) groups excluding carboxylic acids is 1. The van der Waals surface area contributed by atoms with Crippen LogP contribution in [0.5, 0.6) is 0 Å². The summed E-state index contributed by atoms with van der Waals surface area (Å²) in [6.45, 7) is 15.4. The second kappa shape index (κ2) is 6.90. The molecule has 3 heteroatoms. The summed E-state index contributed by atoms with van der Waals surface area (Å²) in [5, 5.41) is 0. The topological polar surface area (TPSA) is 30.7 Å². The number of fused-ring (bicyclic) bond motifs is 2. The summed E-state index contributed by atoms with van der Waals surface area (Å²) in [6, 6.07) is 0. The first-order valence-electron chi connectivity index (χ1n) is 11.4. The van der Waals surface area contributed by atoms with Gasteiger partial charge in [0.2, 0.25) is 0 Å². The second-order valence-electron chi connectivity index (χ2n) is 11.5. The molecule has 1 N–H and O–H groups in total. The molecule has 0 aromatic carbocycles. The lowest BCUT2D eigenvalue weighted by Crippen LogP contribution is -3.13. The molecule has 7 atom stereocenters. The molecule has 0 amide bonds. The highest BCUT2D eigenvalue weighted by Crippen LogP contribution is 2.53. The van der Waals surface area contributed by atoms with E-state index in [-0.39, 0.29) is 23.4 Å². The fraction of sp³-hybridized carbons (Fsp3) is 0.875. The van der Waals surface area contributed by atoms with Gasteiger partial charge in [-0.15, -0.1) is 0 Å². The van der Waals surface area contributed by atoms with Crippen LogP contribution in [-0.4, -0.2) is 31.7 Å². The quantitative estimate of drug-likeness (QED) is 0.591. The van der Waals surface area contributed by atoms with E-state index >= 15 is 0 Å². The SMILES string of the molecule is C[C@@H]1CC[NH+](C[C@H]2C(=O)O[C@@H]3C[C@@]4(C)CCC[C@H](C)C4=C[C@@H]32)CC(C)(C)C1. The molecule has 152 valence electrons. The van der Waals surface area contributed by atoms with E-state index < -0.39 is 0 Å². The Morgan fingerprint density at radius 1 is 1.19 bits per heavy atom. The maximum absolute atomic E-state index is 12.9. The summed E-state index contributed by atoms with van der Waals surface area (Å²) in [7, 11) is 0. The zero-order valence-corrected chi connectivity index (χ0v) is 18.1. The number of ether oxygens (including phenoxy) is 1. The van der Waals surface area contributed by atoms with E-state index in [1.54, 1.807) is 10.5 Å². The van der Waals surface area contributed by atoms with E-state index in [1.807, 2.05) is 0 Å². The molecule has 0 aromatic heterocycles. The Bertz CT molecular complexity index is 624. The predicted octanol–water partition coefficient (Wildman–Crippen LogP) is 3.64. The molecule has 4 rings (SSSR count). The molecule has 3 nitrogen and oxygen atoms in total. The van der Waals surface area contributed by atoms with Crippen molar-refractivity contribution in [1.82, 2.24) is 0 Å². The third kappa shape index (κ3) is 3.73. The van der Waals surface area contributed by atoms with Gasteiger partial charge < -0.3 is 9.64 Å². The van der Waals surface area contributed by atoms with Crippen molar-refractivity contribution in [3.05, 3.63) is 11.6 Å². The van der Waals surface area contributed by atoms with Gasteiger partial charge in [-0.3, -0.25) is 4.79 Å². The van der Waals surface area contributed by atoms with Crippen LogP contribution in [-0.2, 0) is 9.53 Å². The summed E-state index contributed by atoms with van der Waals surface area (Å²) >= 11 is 0. The third-order valence-corrected chi connectivity index (χ3v) is 8.21. The number of allylic oxidation sites excluding steroid dienone is 1. The smallest absolute Gasteiger partial charge is 0.315 e. The van der Waals surface area contributed by atoms with Gasteiger partial charge in [0.05, 0.1) is 19.6 Å². The predicted molar refractivity (Wildman–Crippen MR) is 108 cm³/mol. The second-order valence-corrected chi connectivity index (χ2v) is 11.5. The van der Waals surface area contributed by atoms with Crippen LogP contribution in [0.1, 0.15) is 73.1 Å². The number of carbonyl (C=O) groups is 1. The number of quaternary nitrogens is 1. The van der Waals surface area contributed by atoms with Crippen LogP contribution in [0, 0.1) is 34.5 Å². The lowest BCUT2D eigenvalue weighted by Gasteiger charge is -2.46. The highest BCUT2D eigenvalue weighted by Gasteiger charge is 2.53. The fourth-order valence-electron chi connectivity index (χ4n) is 7.10. The van der Waals surface area contributed by atoms with Crippen molar-refractivity contribution in [1.29, 1.82) is 0 Å². The Morgan fingerprint density at radius 3 is 2.74 bits per heavy atom. The first kappa shape index (κ1) is 19.5. The van der Waals surface area contributed by atoms with Crippen LogP contribution in [0.25, 0.3) is 0 Å². The van der Waals surface area contributed by atoms with Crippen LogP contribution in [0.4, 0.5) is 0 Å². The normalized spacial score (nSPS) is 46.7. The molecular formula is C24H40NO2+. The molecular weight excluding hydrogens is 334 g/mol. The van der Waals surface area contributed by atoms with E-state index in [0.717, 1.165) is 18.9 Å². The van der Waals surface area contributed by atoms with Crippen LogP contribution >= 0.6 is 0 Å². The van der Waals surface area contributed by atoms with Gasteiger partial charge in [0, 0.05) is 11.3 Å². The van der Waals surface area contributed by atoms with Crippen molar-refractivity contribution in [2.75, 3.05) is 19.6 Å². The Balaban J connectivity index is 1.54. The van der Waals surface area contributed by atoms with Crippen molar-refractivity contribution < 1.29 is 14.4 Å². The van der Waals surface area contributed by atoms with Gasteiger partial charge in [0.15, 0.2) is 0 Å². The van der Waals surface area contributed by atoms with E-state index in [0.29, 0.717) is 17.3 Å². The van der Waals surface area contributed by atoms with Crippen molar-refractivity contribution in [2.24, 2.45) is 34.5 Å². The molecule has 0 bridgehead atoms. The largest absolute Gasteiger partial charge is 0.461 e. The Labute approximate surface area is 165 Å². The van der Waals surface area contributed by atoms with E-state index in [4.69, 9.17) is 4.74 Å². The number of nitrogens with one attached hydrogen (secondary N) is 1. The maximum Gasteiger partial charge on any atom is 0.315 e. The highest BCUT2D eigenvalue weighted by atomic mass is 16.6. The zero-order chi connectivity index (χ0) is 19.4. The molecule has 2 aliphatic carbocycles. The fourth-order valence-corrected chi connectivity index (χ4v) is 7.10. The molecule has 0 radical (unpaired) electrons. The summed E-state index contributed by atoms with van der Waals surface area (Å²) in [6.07, 6.45) is 10.2. The van der Waals surface area contributed by atoms with Gasteiger partial charge >= 0.3 is 5.97 Å². The minimum atomic E-state index is 0.0698. The van der Waals surface area contributed by atoms with Gasteiger partial charge in [-0.05, 0) is 49.4 Å². The number of esters is 1. The number of hydrogen-bond acceptors (Lipinski definition) is 2. The van der Waals surface area contributed by atoms with Crippen LogP contribution < -0.4 is 4.90 Å². The van der Waals surface area contributed by atoms with Gasteiger partial charge in [-0.1, -0.05) is 52.7 Å². The summed E-state index contributed by atoms with van der Waals surface area (Å²) in [5.74, 6) is 1.94. The maximum atomic E-state index is 12.9. The lowest BCUT2D eigenvalue weighted by molar-refractivity contribution is -0.907. The number of likely N-dealkylation sites (tertiary alicyclic amines) is 1. The molecule has 1 saturated carbocycles. The van der Waals surface area contributed by atoms with Crippen molar-refractivity contribution in [3.63, 3.8) is 0 Å². The number of hydrogen-bond donors (Lipinski definition) is 1. The number of rotatable bonds is 2. The first-order valence-corrected chi connectivity index (χ1v) is 11.4. The molecule has 27 heavy (non-hydrogen) atoms. The van der Waals surface area contributed by atoms with Gasteiger partial charge in [0.1, 0.15) is 12.0 Å². The summed E-state index contributed by atoms with van der Waals surface area (Å²) in [5.41, 5.74) is 2.27. The average Bonchev–Trinajstić information content (AvgIpc) is 2.76. The molecule has 4 aliphatic rings. The molecule has 3 fully saturated rings. The van der Waals surface area contributed by atoms with Gasteiger partial charge in [0.25, 0.3) is 0 Å². The van der Waals surface area contributed by atoms with E-state index in [9.17, 15) is 4.79 Å². The zero-order valence-electron chi connectivity index (χ0n) is 18.1. The monoisotopic (exact) mass is 374 g/mol. The van der Waals surface area contributed by atoms with Gasteiger partial charge in [-0.25, -0.2) is 0 Å². The van der Waals surface area contributed by atoms with Crippen molar-refractivity contribution in [3.8, 4) is 0 Å². The third-order valence-electron chi connectivity index (χ3n) is 8.21. The van der Waals surface area contributed by atoms with E-state index in [2.05, 4.69) is 40.7 Å². The molecule has 0 spiro atoms.